The second-order valence-corrected chi connectivity index (χ2v) is 13.1. The maximum Gasteiger partial charge on any atom is 0.428 e. The fourth-order valence-electron chi connectivity index (χ4n) is 7.86. The van der Waals surface area contributed by atoms with Crippen molar-refractivity contribution in [2.75, 3.05) is 0 Å². The van der Waals surface area contributed by atoms with E-state index in [9.17, 15) is 62.3 Å². The van der Waals surface area contributed by atoms with Crippen LogP contribution in [0, 0.1) is 35.5 Å². The first kappa shape index (κ1) is 36.5. The number of alkyl halides is 12. The summed E-state index contributed by atoms with van der Waals surface area (Å²) in [6, 6.07) is 10.7. The molecule has 8 atom stereocenters. The zero-order valence-corrected chi connectivity index (χ0v) is 25.7. The summed E-state index contributed by atoms with van der Waals surface area (Å²) in [6.45, 7) is 0. The highest BCUT2D eigenvalue weighted by Gasteiger charge is 2.84. The van der Waals surface area contributed by atoms with Crippen LogP contribution in [-0.2, 0) is 0 Å². The molecule has 0 saturated heterocycles. The first-order chi connectivity index (χ1) is 23.6. The molecular weight excluding hydrogens is 716 g/mol. The molecule has 7 nitrogen and oxygen atoms in total. The van der Waals surface area contributed by atoms with Crippen molar-refractivity contribution in [3.8, 4) is 11.5 Å². The molecule has 19 heteroatoms. The van der Waals surface area contributed by atoms with Crippen molar-refractivity contribution in [3.63, 3.8) is 0 Å². The molecule has 2 aromatic carbocycles. The van der Waals surface area contributed by atoms with Gasteiger partial charge < -0.3 is 4.74 Å². The van der Waals surface area contributed by atoms with Crippen molar-refractivity contribution in [3.05, 3.63) is 59.7 Å². The van der Waals surface area contributed by atoms with Crippen LogP contribution in [0.15, 0.2) is 58.7 Å². The van der Waals surface area contributed by atoms with Crippen LogP contribution >= 0.6 is 0 Å². The molecule has 2 amide bonds. The van der Waals surface area contributed by atoms with Gasteiger partial charge in [-0.05, 0) is 74.2 Å². The van der Waals surface area contributed by atoms with E-state index in [4.69, 9.17) is 4.74 Å². The van der Waals surface area contributed by atoms with Crippen molar-refractivity contribution in [1.82, 2.24) is 10.9 Å². The fraction of sp³-hybridized carbons (Fsp3) is 0.500. The first-order valence-corrected chi connectivity index (χ1v) is 15.4. The van der Waals surface area contributed by atoms with E-state index in [1.165, 1.54) is 48.5 Å². The second-order valence-electron chi connectivity index (χ2n) is 13.1. The Balaban J connectivity index is 0.988. The lowest BCUT2D eigenvalue weighted by atomic mass is 9.76. The third kappa shape index (κ3) is 5.70. The molecule has 4 fully saturated rings. The van der Waals surface area contributed by atoms with Crippen LogP contribution < -0.4 is 15.6 Å². The Morgan fingerprint density at radius 3 is 1.24 bits per heavy atom. The molecule has 2 N–H and O–H groups in total. The zero-order chi connectivity index (χ0) is 37.4. The summed E-state index contributed by atoms with van der Waals surface area (Å²) in [7, 11) is 0. The Hall–Kier alpha value is -4.32. The van der Waals surface area contributed by atoms with E-state index in [0.717, 1.165) is 12.4 Å². The molecule has 0 heterocycles. The van der Waals surface area contributed by atoms with Gasteiger partial charge in [-0.2, -0.15) is 36.5 Å². The lowest BCUT2D eigenvalue weighted by Gasteiger charge is -2.40. The number of carbonyl (C=O) groups is 2. The van der Waals surface area contributed by atoms with Gasteiger partial charge in [0.15, 0.2) is 0 Å². The number of hydrogen-bond acceptors (Lipinski definition) is 5. The number of hydrazone groups is 2. The SMILES string of the molecule is O=C(N/N=C\[C@@H]1C[C@H]2C[C@H]1[C@](F)(C(F)(F)F)C2(F)F)c1ccc(Oc2ccc(C(=O)N/N=C\[C@H]3C[C@H]4C[C@H]3[C@](F)(C(F)(F)F)C4(F)F)cc2)cc1. The monoisotopic (exact) mass is 742 g/mol. The quantitative estimate of drug-likeness (QED) is 0.163. The fourth-order valence-corrected chi connectivity index (χ4v) is 7.86. The predicted molar refractivity (Wildman–Crippen MR) is 154 cm³/mol. The second kappa shape index (κ2) is 12.1. The van der Waals surface area contributed by atoms with Crippen molar-refractivity contribution >= 4 is 24.2 Å². The van der Waals surface area contributed by atoms with E-state index in [1.54, 1.807) is 0 Å². The minimum Gasteiger partial charge on any atom is -0.457 e. The molecule has 2 aromatic rings. The van der Waals surface area contributed by atoms with Crippen molar-refractivity contribution in [2.45, 2.75) is 61.2 Å². The molecule has 0 unspecified atom stereocenters. The third-order valence-corrected chi connectivity index (χ3v) is 10.4. The third-order valence-electron chi connectivity index (χ3n) is 10.4. The van der Waals surface area contributed by atoms with Crippen molar-refractivity contribution in [2.24, 2.45) is 45.7 Å². The number of benzene rings is 2. The van der Waals surface area contributed by atoms with Gasteiger partial charge in [0.05, 0.1) is 0 Å². The van der Waals surface area contributed by atoms with E-state index >= 15 is 0 Å². The Labute approximate surface area is 280 Å². The molecule has 276 valence electrons. The normalized spacial score (nSPS) is 33.6. The van der Waals surface area contributed by atoms with Gasteiger partial charge >= 0.3 is 12.4 Å². The number of amides is 2. The predicted octanol–water partition coefficient (Wildman–Crippen LogP) is 8.03. The molecule has 0 aliphatic heterocycles. The molecule has 0 aromatic heterocycles. The van der Waals surface area contributed by atoms with Gasteiger partial charge in [-0.15, -0.1) is 0 Å². The number of rotatable bonds is 8. The molecule has 6 rings (SSSR count). The van der Waals surface area contributed by atoms with Crippen LogP contribution in [-0.4, -0.2) is 59.8 Å². The minimum absolute atomic E-state index is 0.0245. The van der Waals surface area contributed by atoms with Crippen LogP contribution in [0.5, 0.6) is 11.5 Å². The molecule has 4 aliphatic rings. The van der Waals surface area contributed by atoms with E-state index in [0.29, 0.717) is 0 Å². The average Bonchev–Trinajstić information content (AvgIpc) is 3.77. The summed E-state index contributed by atoms with van der Waals surface area (Å²) in [5.41, 5.74) is -5.21. The van der Waals surface area contributed by atoms with E-state index in [1.807, 2.05) is 0 Å². The summed E-state index contributed by atoms with van der Waals surface area (Å²) >= 11 is 0. The van der Waals surface area contributed by atoms with E-state index in [2.05, 4.69) is 21.1 Å². The Kier molecular flexibility index (Phi) is 8.68. The Bertz CT molecular complexity index is 1600. The number of nitrogens with zero attached hydrogens (tertiary/aromatic N) is 2. The van der Waals surface area contributed by atoms with Gasteiger partial charge in [0.2, 0.25) is 0 Å². The highest BCUT2D eigenvalue weighted by atomic mass is 19.4. The van der Waals surface area contributed by atoms with Gasteiger partial charge in [-0.1, -0.05) is 0 Å². The largest absolute Gasteiger partial charge is 0.457 e. The maximum atomic E-state index is 14.7. The Morgan fingerprint density at radius 1 is 0.608 bits per heavy atom. The average molecular weight is 743 g/mol. The standard InChI is InChI=1S/C32H26F12N4O3/c33-27(31(39,40)41)23-11-19(29(27,35)36)9-17(23)13-45-47-25(49)15-1-5-21(6-2-15)51-22-7-3-16(4-8-22)26(50)48-46-14-18-10-20-12-24(18)28(34,30(20,37)38)32(42,43)44/h1-8,13-14,17-20,23-24H,9-12H2,(H,47,49)(H,48,50)/b45-13-,46-14-/t17-,18+,19-,20-,23+,24+,27+,28+/m0/s1. The number of carbonyl (C=O) groups excluding carboxylic acids is 2. The van der Waals surface area contributed by atoms with E-state index in [-0.39, 0.29) is 22.6 Å². The van der Waals surface area contributed by atoms with Crippen LogP contribution in [0.25, 0.3) is 0 Å². The van der Waals surface area contributed by atoms with E-state index < -0.39 is 109 Å². The highest BCUT2D eigenvalue weighted by molar-refractivity contribution is 5.95. The lowest BCUT2D eigenvalue weighted by molar-refractivity contribution is -0.320. The summed E-state index contributed by atoms with van der Waals surface area (Å²) in [5.74, 6) is -20.6. The van der Waals surface area contributed by atoms with Crippen molar-refractivity contribution < 1.29 is 67.0 Å². The molecule has 4 aliphatic carbocycles. The van der Waals surface area contributed by atoms with Gasteiger partial charge in [-0.25, -0.2) is 37.2 Å². The molecule has 4 bridgehead atoms. The van der Waals surface area contributed by atoms with Gasteiger partial charge in [0.25, 0.3) is 35.0 Å². The maximum absolute atomic E-state index is 14.7. The summed E-state index contributed by atoms with van der Waals surface area (Å²) < 4.78 is 171. The van der Waals surface area contributed by atoms with Gasteiger partial charge in [-0.3, -0.25) is 9.59 Å². The van der Waals surface area contributed by atoms with Crippen LogP contribution in [0.3, 0.4) is 0 Å². The zero-order valence-electron chi connectivity index (χ0n) is 25.7. The number of ether oxygens (including phenoxy) is 1. The number of nitrogens with one attached hydrogen (secondary N) is 2. The van der Waals surface area contributed by atoms with Gasteiger partial charge in [0.1, 0.15) is 11.5 Å². The van der Waals surface area contributed by atoms with Crippen molar-refractivity contribution in [1.29, 1.82) is 0 Å². The number of hydrogen-bond donors (Lipinski definition) is 2. The lowest BCUT2D eigenvalue weighted by Crippen LogP contribution is -2.60. The number of halogens is 12. The smallest absolute Gasteiger partial charge is 0.428 e. The molecule has 4 saturated carbocycles. The minimum atomic E-state index is -5.79. The molecule has 0 spiro atoms. The summed E-state index contributed by atoms with van der Waals surface area (Å²) in [6.07, 6.45) is -12.1. The number of fused-ring (bicyclic) bond motifs is 4. The molecule has 0 radical (unpaired) electrons. The summed E-state index contributed by atoms with van der Waals surface area (Å²) in [4.78, 5) is 24.9. The van der Waals surface area contributed by atoms with Crippen LogP contribution in [0.1, 0.15) is 46.4 Å². The molecular formula is C32H26F12N4O3. The van der Waals surface area contributed by atoms with Gasteiger partial charge in [0, 0.05) is 59.1 Å². The summed E-state index contributed by atoms with van der Waals surface area (Å²) in [5, 5.41) is 7.13. The van der Waals surface area contributed by atoms with Crippen LogP contribution in [0.4, 0.5) is 52.7 Å². The van der Waals surface area contributed by atoms with Crippen LogP contribution in [0.2, 0.25) is 0 Å². The topological polar surface area (TPSA) is 92.1 Å². The first-order valence-electron chi connectivity index (χ1n) is 15.4. The molecule has 51 heavy (non-hydrogen) atoms. The Morgan fingerprint density at radius 2 is 0.941 bits per heavy atom. The highest BCUT2D eigenvalue weighted by Crippen LogP contribution is 2.69.